The summed E-state index contributed by atoms with van der Waals surface area (Å²) in [5.41, 5.74) is 0. The van der Waals surface area contributed by atoms with Gasteiger partial charge in [0.15, 0.2) is 0 Å². The smallest absolute Gasteiger partial charge is 0.0618 e. The second-order valence-corrected chi connectivity index (χ2v) is 3.44. The number of ether oxygens (including phenoxy) is 1. The fourth-order valence-corrected chi connectivity index (χ4v) is 1.11. The zero-order chi connectivity index (χ0) is 10.1. The molecule has 0 heterocycles. The second-order valence-electron chi connectivity index (χ2n) is 3.44. The van der Waals surface area contributed by atoms with E-state index < -0.39 is 0 Å². The zero-order valence-electron chi connectivity index (χ0n) is 9.18. The Morgan fingerprint density at radius 2 is 2.08 bits per heavy atom. The molecule has 0 radical (unpaired) electrons. The average molecular weight is 183 g/mol. The Morgan fingerprint density at radius 1 is 1.38 bits per heavy atom. The molecule has 0 bridgehead atoms. The van der Waals surface area contributed by atoms with E-state index in [9.17, 15) is 0 Å². The average Bonchev–Trinajstić information content (AvgIpc) is 2.10. The third kappa shape index (κ3) is 6.62. The lowest BCUT2D eigenvalue weighted by molar-refractivity contribution is 0.148. The summed E-state index contributed by atoms with van der Waals surface area (Å²) in [4.78, 5) is 0. The van der Waals surface area contributed by atoms with Gasteiger partial charge in [0.2, 0.25) is 0 Å². The molecule has 0 aliphatic rings. The Hall–Kier alpha value is -0.520. The van der Waals surface area contributed by atoms with E-state index in [0.717, 1.165) is 19.6 Å². The van der Waals surface area contributed by atoms with Crippen LogP contribution in [-0.4, -0.2) is 26.3 Å². The van der Waals surface area contributed by atoms with Crippen LogP contribution in [0.25, 0.3) is 0 Å². The normalized spacial score (nSPS) is 12.4. The van der Waals surface area contributed by atoms with Crippen molar-refractivity contribution in [1.82, 2.24) is 5.32 Å². The van der Waals surface area contributed by atoms with Crippen molar-refractivity contribution in [2.24, 2.45) is 5.92 Å². The molecule has 0 aliphatic heterocycles. The summed E-state index contributed by atoms with van der Waals surface area (Å²) in [7, 11) is 1.74. The number of hydrogen-bond donors (Lipinski definition) is 1. The SMILES string of the molecule is CC#CCCNC(COC)C(C)C. The van der Waals surface area contributed by atoms with Crippen LogP contribution in [0.3, 0.4) is 0 Å². The molecule has 0 aromatic heterocycles. The summed E-state index contributed by atoms with van der Waals surface area (Å²) < 4.78 is 5.12. The van der Waals surface area contributed by atoms with Crippen LogP contribution in [0.5, 0.6) is 0 Å². The highest BCUT2D eigenvalue weighted by Crippen LogP contribution is 2.01. The predicted molar refractivity (Wildman–Crippen MR) is 56.6 cm³/mol. The summed E-state index contributed by atoms with van der Waals surface area (Å²) >= 11 is 0. The Bertz CT molecular complexity index is 167. The van der Waals surface area contributed by atoms with Crippen LogP contribution in [0, 0.1) is 17.8 Å². The Morgan fingerprint density at radius 3 is 2.54 bits per heavy atom. The molecule has 0 rings (SSSR count). The quantitative estimate of drug-likeness (QED) is 0.499. The van der Waals surface area contributed by atoms with E-state index in [0.29, 0.717) is 12.0 Å². The highest BCUT2D eigenvalue weighted by Gasteiger charge is 2.10. The van der Waals surface area contributed by atoms with Gasteiger partial charge in [0.25, 0.3) is 0 Å². The van der Waals surface area contributed by atoms with Crippen molar-refractivity contribution in [2.45, 2.75) is 33.2 Å². The van der Waals surface area contributed by atoms with Crippen molar-refractivity contribution in [1.29, 1.82) is 0 Å². The van der Waals surface area contributed by atoms with E-state index in [-0.39, 0.29) is 0 Å². The van der Waals surface area contributed by atoms with E-state index in [1.165, 1.54) is 0 Å². The molecule has 0 saturated heterocycles. The molecule has 0 spiro atoms. The van der Waals surface area contributed by atoms with E-state index in [1.807, 2.05) is 6.92 Å². The van der Waals surface area contributed by atoms with E-state index in [1.54, 1.807) is 7.11 Å². The minimum atomic E-state index is 0.448. The van der Waals surface area contributed by atoms with Crippen LogP contribution in [-0.2, 0) is 4.74 Å². The molecule has 0 aromatic carbocycles. The molecule has 0 fully saturated rings. The van der Waals surface area contributed by atoms with Crippen molar-refractivity contribution < 1.29 is 4.74 Å². The minimum absolute atomic E-state index is 0.448. The van der Waals surface area contributed by atoms with Crippen LogP contribution in [0.2, 0.25) is 0 Å². The maximum atomic E-state index is 5.12. The van der Waals surface area contributed by atoms with Gasteiger partial charge >= 0.3 is 0 Å². The van der Waals surface area contributed by atoms with Gasteiger partial charge in [-0.15, -0.1) is 11.8 Å². The van der Waals surface area contributed by atoms with Crippen molar-refractivity contribution in [3.63, 3.8) is 0 Å². The third-order valence-electron chi connectivity index (χ3n) is 1.98. The van der Waals surface area contributed by atoms with E-state index >= 15 is 0 Å². The lowest BCUT2D eigenvalue weighted by atomic mass is 10.1. The van der Waals surface area contributed by atoms with Crippen LogP contribution >= 0.6 is 0 Å². The standard InChI is InChI=1S/C11H21NO/c1-5-6-7-8-12-11(9-13-4)10(2)3/h10-12H,7-9H2,1-4H3. The molecular weight excluding hydrogens is 162 g/mol. The van der Waals surface area contributed by atoms with Crippen LogP contribution in [0.1, 0.15) is 27.2 Å². The summed E-state index contributed by atoms with van der Waals surface area (Å²) in [5.74, 6) is 6.52. The maximum Gasteiger partial charge on any atom is 0.0618 e. The van der Waals surface area contributed by atoms with Gasteiger partial charge in [0.1, 0.15) is 0 Å². The monoisotopic (exact) mass is 183 g/mol. The molecule has 13 heavy (non-hydrogen) atoms. The maximum absolute atomic E-state index is 5.12. The predicted octanol–water partition coefficient (Wildman–Crippen LogP) is 1.66. The molecule has 76 valence electrons. The first-order chi connectivity index (χ1) is 6.22. The lowest BCUT2D eigenvalue weighted by Crippen LogP contribution is -2.38. The Kier molecular flexibility index (Phi) is 7.77. The molecule has 2 nitrogen and oxygen atoms in total. The summed E-state index contributed by atoms with van der Waals surface area (Å²) in [6, 6.07) is 0.448. The fourth-order valence-electron chi connectivity index (χ4n) is 1.11. The first-order valence-corrected chi connectivity index (χ1v) is 4.84. The van der Waals surface area contributed by atoms with Crippen molar-refractivity contribution in [2.75, 3.05) is 20.3 Å². The molecule has 1 unspecified atom stereocenters. The second kappa shape index (κ2) is 8.10. The number of hydrogen-bond acceptors (Lipinski definition) is 2. The summed E-state index contributed by atoms with van der Waals surface area (Å²) in [5, 5.41) is 3.43. The van der Waals surface area contributed by atoms with Gasteiger partial charge in [-0.25, -0.2) is 0 Å². The molecule has 0 saturated carbocycles. The Labute approximate surface area is 82.1 Å². The highest BCUT2D eigenvalue weighted by atomic mass is 16.5. The van der Waals surface area contributed by atoms with Crippen molar-refractivity contribution >= 4 is 0 Å². The fraction of sp³-hybridized carbons (Fsp3) is 0.818. The topological polar surface area (TPSA) is 21.3 Å². The Balaban J connectivity index is 3.60. The van der Waals surface area contributed by atoms with Crippen LogP contribution in [0.4, 0.5) is 0 Å². The minimum Gasteiger partial charge on any atom is -0.383 e. The number of nitrogens with one attached hydrogen (secondary N) is 1. The first kappa shape index (κ1) is 12.5. The van der Waals surface area contributed by atoms with Crippen LogP contribution in [0.15, 0.2) is 0 Å². The van der Waals surface area contributed by atoms with E-state index in [4.69, 9.17) is 4.74 Å². The summed E-state index contributed by atoms with van der Waals surface area (Å²) in [6.07, 6.45) is 0.920. The van der Waals surface area contributed by atoms with Gasteiger partial charge < -0.3 is 10.1 Å². The van der Waals surface area contributed by atoms with Crippen molar-refractivity contribution in [3.05, 3.63) is 0 Å². The molecule has 0 aliphatic carbocycles. The number of methoxy groups -OCH3 is 1. The number of rotatable bonds is 6. The lowest BCUT2D eigenvalue weighted by Gasteiger charge is -2.20. The van der Waals surface area contributed by atoms with Gasteiger partial charge in [-0.3, -0.25) is 0 Å². The van der Waals surface area contributed by atoms with Gasteiger partial charge in [-0.05, 0) is 12.8 Å². The molecular formula is C11H21NO. The largest absolute Gasteiger partial charge is 0.383 e. The van der Waals surface area contributed by atoms with Gasteiger partial charge in [0, 0.05) is 26.1 Å². The first-order valence-electron chi connectivity index (χ1n) is 4.84. The molecule has 1 atom stereocenters. The highest BCUT2D eigenvalue weighted by molar-refractivity contribution is 4.95. The molecule has 0 amide bonds. The molecule has 2 heteroatoms. The van der Waals surface area contributed by atoms with Gasteiger partial charge in [-0.1, -0.05) is 13.8 Å². The zero-order valence-corrected chi connectivity index (χ0v) is 9.18. The van der Waals surface area contributed by atoms with E-state index in [2.05, 4.69) is 31.0 Å². The van der Waals surface area contributed by atoms with Gasteiger partial charge in [-0.2, -0.15) is 0 Å². The van der Waals surface area contributed by atoms with Gasteiger partial charge in [0.05, 0.1) is 6.61 Å². The third-order valence-corrected chi connectivity index (χ3v) is 1.98. The molecule has 0 aromatic rings. The molecule has 1 N–H and O–H groups in total. The summed E-state index contributed by atoms with van der Waals surface area (Å²) in [6.45, 7) is 7.99. The van der Waals surface area contributed by atoms with Crippen molar-refractivity contribution in [3.8, 4) is 11.8 Å². The van der Waals surface area contributed by atoms with Crippen LogP contribution < -0.4 is 5.32 Å².